The molecule has 146 valence electrons. The van der Waals surface area contributed by atoms with Gasteiger partial charge in [-0.1, -0.05) is 25.7 Å². The first-order valence-corrected chi connectivity index (χ1v) is 10.2. The van der Waals surface area contributed by atoms with E-state index < -0.39 is 0 Å². The van der Waals surface area contributed by atoms with Crippen LogP contribution in [0, 0.1) is 10.8 Å². The van der Waals surface area contributed by atoms with E-state index in [0.717, 1.165) is 19.1 Å². The van der Waals surface area contributed by atoms with Crippen molar-refractivity contribution in [3.63, 3.8) is 0 Å². The fourth-order valence-corrected chi connectivity index (χ4v) is 4.88. The van der Waals surface area contributed by atoms with Gasteiger partial charge in [-0.05, 0) is 55.8 Å². The van der Waals surface area contributed by atoms with Crippen molar-refractivity contribution >= 4 is 29.9 Å². The molecule has 25 heavy (non-hydrogen) atoms. The molecule has 1 N–H and O–H groups in total. The van der Waals surface area contributed by atoms with Crippen LogP contribution >= 0.6 is 24.0 Å². The monoisotopic (exact) mass is 463 g/mol. The molecule has 1 aliphatic heterocycles. The Kier molecular flexibility index (Phi) is 8.31. The van der Waals surface area contributed by atoms with E-state index in [2.05, 4.69) is 15.2 Å². The number of ether oxygens (including phenoxy) is 1. The minimum absolute atomic E-state index is 0. The number of guanidine groups is 1. The number of nitrogens with zero attached hydrogens (tertiary/aromatic N) is 2. The highest BCUT2D eigenvalue weighted by Gasteiger charge is 2.42. The third-order valence-corrected chi connectivity index (χ3v) is 6.75. The molecular formula is C20H38IN3O. The molecule has 2 aliphatic carbocycles. The van der Waals surface area contributed by atoms with Gasteiger partial charge in [-0.25, -0.2) is 0 Å². The van der Waals surface area contributed by atoms with Crippen LogP contribution < -0.4 is 5.32 Å². The fraction of sp³-hybridized carbons (Fsp3) is 0.950. The first-order chi connectivity index (χ1) is 11.7. The SMILES string of the molecule is CN=C(NCC1(CCOC)CC1)N1CCCC2(CCCCCC2)C1.I. The second-order valence-corrected chi connectivity index (χ2v) is 8.58. The zero-order chi connectivity index (χ0) is 16.9. The molecule has 0 radical (unpaired) electrons. The summed E-state index contributed by atoms with van der Waals surface area (Å²) in [4.78, 5) is 7.18. The Bertz CT molecular complexity index is 429. The molecule has 5 heteroatoms. The van der Waals surface area contributed by atoms with E-state index in [-0.39, 0.29) is 24.0 Å². The maximum atomic E-state index is 5.29. The van der Waals surface area contributed by atoms with Crippen molar-refractivity contribution in [3.8, 4) is 0 Å². The molecule has 0 aromatic rings. The third kappa shape index (κ3) is 5.72. The molecule has 1 heterocycles. The second kappa shape index (κ2) is 9.77. The van der Waals surface area contributed by atoms with E-state index >= 15 is 0 Å². The third-order valence-electron chi connectivity index (χ3n) is 6.75. The lowest BCUT2D eigenvalue weighted by molar-refractivity contribution is 0.115. The minimum Gasteiger partial charge on any atom is -0.385 e. The van der Waals surface area contributed by atoms with Gasteiger partial charge in [-0.15, -0.1) is 24.0 Å². The Morgan fingerprint density at radius 1 is 1.04 bits per heavy atom. The van der Waals surface area contributed by atoms with Crippen LogP contribution in [-0.2, 0) is 4.74 Å². The Balaban J connectivity index is 0.00000225. The van der Waals surface area contributed by atoms with Crippen LogP contribution in [0.2, 0.25) is 0 Å². The molecular weight excluding hydrogens is 425 g/mol. The fourth-order valence-electron chi connectivity index (χ4n) is 4.88. The number of methoxy groups -OCH3 is 1. The summed E-state index contributed by atoms with van der Waals surface area (Å²) < 4.78 is 5.29. The van der Waals surface area contributed by atoms with Crippen LogP contribution in [-0.4, -0.2) is 51.3 Å². The van der Waals surface area contributed by atoms with Crippen molar-refractivity contribution in [1.82, 2.24) is 10.2 Å². The predicted octanol–water partition coefficient (Wildman–Crippen LogP) is 4.43. The number of likely N-dealkylation sites (tertiary alicyclic amines) is 1. The molecule has 0 aromatic heterocycles. The van der Waals surface area contributed by atoms with Crippen molar-refractivity contribution in [2.45, 2.75) is 70.6 Å². The summed E-state index contributed by atoms with van der Waals surface area (Å²) in [5.41, 5.74) is 1.04. The van der Waals surface area contributed by atoms with Crippen molar-refractivity contribution in [2.75, 3.05) is 40.4 Å². The molecule has 4 nitrogen and oxygen atoms in total. The van der Waals surface area contributed by atoms with E-state index in [4.69, 9.17) is 4.74 Å². The zero-order valence-electron chi connectivity index (χ0n) is 16.3. The van der Waals surface area contributed by atoms with Gasteiger partial charge < -0.3 is 15.0 Å². The van der Waals surface area contributed by atoms with Gasteiger partial charge in [0.05, 0.1) is 0 Å². The lowest BCUT2D eigenvalue weighted by atomic mass is 9.74. The van der Waals surface area contributed by atoms with Gasteiger partial charge in [0.1, 0.15) is 0 Å². The van der Waals surface area contributed by atoms with Gasteiger partial charge in [0.25, 0.3) is 0 Å². The van der Waals surface area contributed by atoms with Gasteiger partial charge in [-0.2, -0.15) is 0 Å². The minimum atomic E-state index is 0. The topological polar surface area (TPSA) is 36.9 Å². The molecule has 0 bridgehead atoms. The highest BCUT2D eigenvalue weighted by molar-refractivity contribution is 14.0. The molecule has 3 aliphatic rings. The number of hydrogen-bond donors (Lipinski definition) is 1. The molecule has 2 saturated carbocycles. The first-order valence-electron chi connectivity index (χ1n) is 10.2. The number of halogens is 1. The number of piperidine rings is 1. The van der Waals surface area contributed by atoms with Gasteiger partial charge in [0.2, 0.25) is 0 Å². The van der Waals surface area contributed by atoms with E-state index in [0.29, 0.717) is 10.8 Å². The summed E-state index contributed by atoms with van der Waals surface area (Å²) in [5.74, 6) is 1.14. The molecule has 1 spiro atoms. The number of nitrogens with one attached hydrogen (secondary N) is 1. The smallest absolute Gasteiger partial charge is 0.193 e. The summed E-state index contributed by atoms with van der Waals surface area (Å²) in [6.07, 6.45) is 15.2. The largest absolute Gasteiger partial charge is 0.385 e. The maximum Gasteiger partial charge on any atom is 0.193 e. The number of rotatable bonds is 5. The molecule has 0 unspecified atom stereocenters. The van der Waals surface area contributed by atoms with Gasteiger partial charge in [0, 0.05) is 40.4 Å². The van der Waals surface area contributed by atoms with Crippen molar-refractivity contribution in [2.24, 2.45) is 15.8 Å². The lowest BCUT2D eigenvalue weighted by Crippen LogP contribution is -2.51. The van der Waals surface area contributed by atoms with Gasteiger partial charge in [-0.3, -0.25) is 4.99 Å². The van der Waals surface area contributed by atoms with Crippen LogP contribution in [0.25, 0.3) is 0 Å². The van der Waals surface area contributed by atoms with Crippen LogP contribution in [0.1, 0.15) is 70.6 Å². The van der Waals surface area contributed by atoms with Crippen LogP contribution in [0.3, 0.4) is 0 Å². The molecule has 3 rings (SSSR count). The van der Waals surface area contributed by atoms with E-state index in [1.807, 2.05) is 14.2 Å². The number of aliphatic imine (C=N–C) groups is 1. The summed E-state index contributed by atoms with van der Waals surface area (Å²) in [6, 6.07) is 0. The lowest BCUT2D eigenvalue weighted by Gasteiger charge is -2.44. The average Bonchev–Trinajstić information content (AvgIpc) is 3.40. The summed E-state index contributed by atoms with van der Waals surface area (Å²) in [5, 5.41) is 3.71. The van der Waals surface area contributed by atoms with Crippen LogP contribution in [0.15, 0.2) is 4.99 Å². The first kappa shape index (κ1) is 21.3. The van der Waals surface area contributed by atoms with Crippen LogP contribution in [0.5, 0.6) is 0 Å². The predicted molar refractivity (Wildman–Crippen MR) is 116 cm³/mol. The van der Waals surface area contributed by atoms with E-state index in [1.54, 1.807) is 0 Å². The van der Waals surface area contributed by atoms with Crippen molar-refractivity contribution in [3.05, 3.63) is 0 Å². The normalized spacial score (nSPS) is 25.2. The van der Waals surface area contributed by atoms with E-state index in [9.17, 15) is 0 Å². The average molecular weight is 463 g/mol. The highest BCUT2D eigenvalue weighted by atomic mass is 127. The zero-order valence-corrected chi connectivity index (χ0v) is 18.6. The highest BCUT2D eigenvalue weighted by Crippen LogP contribution is 2.48. The Hall–Kier alpha value is -0.0400. The Morgan fingerprint density at radius 2 is 1.72 bits per heavy atom. The van der Waals surface area contributed by atoms with Crippen molar-refractivity contribution in [1.29, 1.82) is 0 Å². The quantitative estimate of drug-likeness (QED) is 0.372. The van der Waals surface area contributed by atoms with E-state index in [1.165, 1.54) is 83.7 Å². The molecule has 0 aromatic carbocycles. The maximum absolute atomic E-state index is 5.29. The Labute approximate surface area is 171 Å². The van der Waals surface area contributed by atoms with Gasteiger partial charge >= 0.3 is 0 Å². The Morgan fingerprint density at radius 3 is 2.32 bits per heavy atom. The molecule has 0 atom stereocenters. The second-order valence-electron chi connectivity index (χ2n) is 8.58. The summed E-state index contributed by atoms with van der Waals surface area (Å²) >= 11 is 0. The van der Waals surface area contributed by atoms with Gasteiger partial charge in [0.15, 0.2) is 5.96 Å². The number of hydrogen-bond acceptors (Lipinski definition) is 2. The summed E-state index contributed by atoms with van der Waals surface area (Å²) in [7, 11) is 3.76. The molecule has 1 saturated heterocycles. The van der Waals surface area contributed by atoms with Crippen LogP contribution in [0.4, 0.5) is 0 Å². The van der Waals surface area contributed by atoms with Crippen molar-refractivity contribution < 1.29 is 4.74 Å². The summed E-state index contributed by atoms with van der Waals surface area (Å²) in [6.45, 7) is 4.34. The molecule has 3 fully saturated rings. The standard InChI is InChI=1S/C20H37N3O.HI/c1-21-18(22-16-19(11-12-19)13-15-24-2)23-14-7-10-20(17-23)8-5-3-4-6-9-20;/h3-17H2,1-2H3,(H,21,22);1H. The molecule has 0 amide bonds.